The van der Waals surface area contributed by atoms with Crippen LogP contribution in [0.15, 0.2) is 33.7 Å². The summed E-state index contributed by atoms with van der Waals surface area (Å²) in [6.45, 7) is 3.16. The van der Waals surface area contributed by atoms with Gasteiger partial charge in [0.25, 0.3) is 0 Å². The van der Waals surface area contributed by atoms with Crippen LogP contribution in [-0.2, 0) is 0 Å². The fourth-order valence-corrected chi connectivity index (χ4v) is 2.34. The molecule has 0 saturated heterocycles. The van der Waals surface area contributed by atoms with Gasteiger partial charge in [0.2, 0.25) is 0 Å². The predicted octanol–water partition coefficient (Wildman–Crippen LogP) is 3.68. The first-order chi connectivity index (χ1) is 7.75. The number of nitrogens with one attached hydrogen (secondary N) is 1. The van der Waals surface area contributed by atoms with Crippen LogP contribution in [0, 0.1) is 0 Å². The van der Waals surface area contributed by atoms with E-state index in [1.54, 1.807) is 0 Å². The largest absolute Gasteiger partial charge is 0.367 e. The lowest BCUT2D eigenvalue weighted by Gasteiger charge is -2.20. The summed E-state index contributed by atoms with van der Waals surface area (Å²) >= 11 is 3.50. The zero-order valence-corrected chi connectivity index (χ0v) is 11.1. The molecule has 1 aromatic rings. The van der Waals surface area contributed by atoms with Crippen molar-refractivity contribution < 1.29 is 0 Å². The third-order valence-electron chi connectivity index (χ3n) is 2.86. The molecule has 0 spiro atoms. The lowest BCUT2D eigenvalue weighted by molar-refractivity contribution is 0.656. The van der Waals surface area contributed by atoms with Gasteiger partial charge in [-0.05, 0) is 37.5 Å². The molecule has 0 aromatic heterocycles. The van der Waals surface area contributed by atoms with Crippen LogP contribution >= 0.6 is 15.9 Å². The van der Waals surface area contributed by atoms with Gasteiger partial charge in [0.1, 0.15) is 0 Å². The third kappa shape index (κ3) is 3.08. The van der Waals surface area contributed by atoms with Crippen LogP contribution in [0.5, 0.6) is 0 Å². The average Bonchev–Trinajstić information content (AvgIpc) is 2.30. The van der Waals surface area contributed by atoms with Gasteiger partial charge in [0.15, 0.2) is 0 Å². The van der Waals surface area contributed by atoms with Crippen molar-refractivity contribution >= 4 is 21.8 Å². The average molecular weight is 281 g/mol. The first-order valence-electron chi connectivity index (χ1n) is 5.81. The fraction of sp³-hybridized carbons (Fsp3) is 0.462. The first-order valence-corrected chi connectivity index (χ1v) is 6.60. The van der Waals surface area contributed by atoms with E-state index in [1.165, 1.54) is 24.2 Å². The Hall–Kier alpha value is -0.830. The van der Waals surface area contributed by atoms with Gasteiger partial charge >= 0.3 is 0 Å². The van der Waals surface area contributed by atoms with Gasteiger partial charge < -0.3 is 5.32 Å². The number of amidine groups is 1. The van der Waals surface area contributed by atoms with E-state index >= 15 is 0 Å². The molecule has 0 aliphatic carbocycles. The second-order valence-electron chi connectivity index (χ2n) is 4.21. The van der Waals surface area contributed by atoms with Gasteiger partial charge in [-0.3, -0.25) is 4.99 Å². The van der Waals surface area contributed by atoms with Crippen molar-refractivity contribution in [2.24, 2.45) is 4.99 Å². The number of hydrogen-bond donors (Lipinski definition) is 1. The molecule has 86 valence electrons. The summed E-state index contributed by atoms with van der Waals surface area (Å²) in [5.74, 6) is 1.17. The van der Waals surface area contributed by atoms with Crippen LogP contribution in [-0.4, -0.2) is 12.4 Å². The summed E-state index contributed by atoms with van der Waals surface area (Å²) in [7, 11) is 0. The van der Waals surface area contributed by atoms with Gasteiger partial charge in [-0.25, -0.2) is 0 Å². The molecule has 1 heterocycles. The molecule has 0 amide bonds. The monoisotopic (exact) mass is 280 g/mol. The Bertz CT molecular complexity index is 387. The van der Waals surface area contributed by atoms with E-state index in [4.69, 9.17) is 0 Å². The van der Waals surface area contributed by atoms with E-state index < -0.39 is 0 Å². The Kier molecular flexibility index (Phi) is 3.99. The molecule has 3 heteroatoms. The maximum absolute atomic E-state index is 4.51. The highest BCUT2D eigenvalue weighted by molar-refractivity contribution is 9.10. The Morgan fingerprint density at radius 3 is 2.94 bits per heavy atom. The molecule has 16 heavy (non-hydrogen) atoms. The van der Waals surface area contributed by atoms with Crippen molar-refractivity contribution in [3.63, 3.8) is 0 Å². The Labute approximate surface area is 105 Å². The number of benzene rings is 1. The number of nitrogens with zero attached hydrogens (tertiary/aromatic N) is 1. The smallest absolute Gasteiger partial charge is 0.0967 e. The Morgan fingerprint density at radius 1 is 1.38 bits per heavy atom. The van der Waals surface area contributed by atoms with Crippen molar-refractivity contribution in [1.29, 1.82) is 0 Å². The van der Waals surface area contributed by atoms with Gasteiger partial charge in [-0.15, -0.1) is 0 Å². The molecule has 0 saturated carbocycles. The molecule has 1 atom stereocenters. The van der Waals surface area contributed by atoms with Gasteiger partial charge in [-0.2, -0.15) is 0 Å². The SMILES string of the molecule is C[C@@H](NC1=NCCCC1)c1cccc(Br)c1. The highest BCUT2D eigenvalue weighted by Crippen LogP contribution is 2.18. The second-order valence-corrected chi connectivity index (χ2v) is 5.12. The molecule has 0 unspecified atom stereocenters. The van der Waals surface area contributed by atoms with Crippen molar-refractivity contribution in [3.8, 4) is 0 Å². The van der Waals surface area contributed by atoms with Crippen LogP contribution in [0.1, 0.15) is 37.8 Å². The lowest BCUT2D eigenvalue weighted by Crippen LogP contribution is -2.28. The summed E-state index contributed by atoms with van der Waals surface area (Å²) in [5, 5.41) is 3.49. The molecule has 1 aliphatic heterocycles. The van der Waals surface area contributed by atoms with E-state index in [0.29, 0.717) is 6.04 Å². The van der Waals surface area contributed by atoms with E-state index in [-0.39, 0.29) is 0 Å². The number of halogens is 1. The predicted molar refractivity (Wildman–Crippen MR) is 71.8 cm³/mol. The molecule has 2 nitrogen and oxygen atoms in total. The molecule has 1 aromatic carbocycles. The van der Waals surface area contributed by atoms with Crippen LogP contribution in [0.2, 0.25) is 0 Å². The molecule has 1 N–H and O–H groups in total. The van der Waals surface area contributed by atoms with E-state index in [2.05, 4.69) is 51.4 Å². The van der Waals surface area contributed by atoms with Gasteiger partial charge in [0.05, 0.1) is 5.84 Å². The third-order valence-corrected chi connectivity index (χ3v) is 3.35. The minimum Gasteiger partial charge on any atom is -0.367 e. The van der Waals surface area contributed by atoms with Crippen LogP contribution in [0.25, 0.3) is 0 Å². The second kappa shape index (κ2) is 5.48. The Morgan fingerprint density at radius 2 is 2.25 bits per heavy atom. The van der Waals surface area contributed by atoms with Crippen molar-refractivity contribution in [1.82, 2.24) is 5.32 Å². The van der Waals surface area contributed by atoms with Gasteiger partial charge in [-0.1, -0.05) is 28.1 Å². The molecule has 0 radical (unpaired) electrons. The normalized spacial score (nSPS) is 17.8. The van der Waals surface area contributed by atoms with E-state index in [9.17, 15) is 0 Å². The lowest BCUT2D eigenvalue weighted by atomic mass is 10.1. The highest BCUT2D eigenvalue weighted by atomic mass is 79.9. The van der Waals surface area contributed by atoms with Crippen LogP contribution in [0.4, 0.5) is 0 Å². The van der Waals surface area contributed by atoms with E-state index in [1.807, 2.05) is 6.07 Å². The zero-order chi connectivity index (χ0) is 11.4. The highest BCUT2D eigenvalue weighted by Gasteiger charge is 2.10. The summed E-state index contributed by atoms with van der Waals surface area (Å²) < 4.78 is 1.13. The zero-order valence-electron chi connectivity index (χ0n) is 9.54. The Balaban J connectivity index is 2.02. The van der Waals surface area contributed by atoms with Crippen molar-refractivity contribution in [2.75, 3.05) is 6.54 Å². The standard InChI is InChI=1S/C13H17BrN2/c1-10(11-5-4-6-12(14)9-11)16-13-7-2-3-8-15-13/h4-6,9-10H,2-3,7-8H2,1H3,(H,15,16)/t10-/m1/s1. The van der Waals surface area contributed by atoms with Crippen molar-refractivity contribution in [3.05, 3.63) is 34.3 Å². The molecule has 0 bridgehead atoms. The fourth-order valence-electron chi connectivity index (χ4n) is 1.92. The number of rotatable bonds is 2. The molecular formula is C13H17BrN2. The topological polar surface area (TPSA) is 24.4 Å². The first kappa shape index (κ1) is 11.6. The van der Waals surface area contributed by atoms with Crippen LogP contribution in [0.3, 0.4) is 0 Å². The summed E-state index contributed by atoms with van der Waals surface area (Å²) in [5.41, 5.74) is 1.29. The molecule has 1 aliphatic rings. The number of hydrogen-bond acceptors (Lipinski definition) is 2. The molecular weight excluding hydrogens is 264 g/mol. The summed E-state index contributed by atoms with van der Waals surface area (Å²) in [4.78, 5) is 4.51. The van der Waals surface area contributed by atoms with E-state index in [0.717, 1.165) is 17.4 Å². The summed E-state index contributed by atoms with van der Waals surface area (Å²) in [6.07, 6.45) is 3.59. The summed E-state index contributed by atoms with van der Waals surface area (Å²) in [6, 6.07) is 8.75. The maximum Gasteiger partial charge on any atom is 0.0967 e. The molecule has 0 fully saturated rings. The molecule has 2 rings (SSSR count). The van der Waals surface area contributed by atoms with Crippen LogP contribution < -0.4 is 5.32 Å². The van der Waals surface area contributed by atoms with Crippen molar-refractivity contribution in [2.45, 2.75) is 32.2 Å². The minimum absolute atomic E-state index is 0.328. The minimum atomic E-state index is 0.328. The quantitative estimate of drug-likeness (QED) is 0.878. The maximum atomic E-state index is 4.51. The van der Waals surface area contributed by atoms with Gasteiger partial charge in [0, 0.05) is 23.5 Å². The number of aliphatic imine (C=N–C) groups is 1.